The van der Waals surface area contributed by atoms with Crippen LogP contribution >= 0.6 is 0 Å². The third-order valence-corrected chi connectivity index (χ3v) is 5.18. The van der Waals surface area contributed by atoms with Crippen LogP contribution in [-0.4, -0.2) is 16.7 Å². The minimum Gasteiger partial charge on any atom is -0.481 e. The lowest BCUT2D eigenvalue weighted by Gasteiger charge is -2.46. The van der Waals surface area contributed by atoms with E-state index in [4.69, 9.17) is 5.11 Å². The molecule has 3 fully saturated rings. The number of aliphatic carboxylic acids is 1. The fourth-order valence-corrected chi connectivity index (χ4v) is 4.73. The van der Waals surface area contributed by atoms with Gasteiger partial charge in [0.2, 0.25) is 0 Å². The molecule has 0 aromatic carbocycles. The molecule has 0 bridgehead atoms. The molecule has 15 heavy (non-hydrogen) atoms. The number of carbonyl (C=O) groups is 1. The lowest BCUT2D eigenvalue weighted by Crippen LogP contribution is -2.43. The summed E-state index contributed by atoms with van der Waals surface area (Å²) in [5.74, 6) is 1.20. The standard InChI is InChI=1S/C12H17FO2/c1-12(13)5-8-7(4-10(14)15)6-2-3-9(12)11(6)8/h6-9,11H,2-5H2,1H3,(H,14,15)/t6?,7-,8-,9+,11?,12?/m0/s1. The highest BCUT2D eigenvalue weighted by Gasteiger charge is 2.66. The predicted octanol–water partition coefficient (Wildman–Crippen LogP) is 2.48. The largest absolute Gasteiger partial charge is 0.481 e. The summed E-state index contributed by atoms with van der Waals surface area (Å²) >= 11 is 0. The number of carboxylic acid groups (broad SMARTS) is 1. The number of hydrogen-bond donors (Lipinski definition) is 1. The van der Waals surface area contributed by atoms with E-state index in [0.717, 1.165) is 12.8 Å². The van der Waals surface area contributed by atoms with Crippen molar-refractivity contribution >= 4 is 5.97 Å². The van der Waals surface area contributed by atoms with E-state index in [0.29, 0.717) is 24.2 Å². The highest BCUT2D eigenvalue weighted by Crippen LogP contribution is 2.69. The molecule has 3 aliphatic rings. The van der Waals surface area contributed by atoms with Crippen molar-refractivity contribution in [2.45, 2.75) is 38.3 Å². The zero-order valence-electron chi connectivity index (χ0n) is 8.95. The van der Waals surface area contributed by atoms with Crippen LogP contribution in [0.2, 0.25) is 0 Å². The van der Waals surface area contributed by atoms with Gasteiger partial charge in [-0.2, -0.15) is 0 Å². The lowest BCUT2D eigenvalue weighted by molar-refractivity contribution is -0.142. The van der Waals surface area contributed by atoms with E-state index in [9.17, 15) is 9.18 Å². The van der Waals surface area contributed by atoms with E-state index in [1.54, 1.807) is 6.92 Å². The van der Waals surface area contributed by atoms with Crippen LogP contribution in [-0.2, 0) is 4.79 Å². The van der Waals surface area contributed by atoms with E-state index in [2.05, 4.69) is 0 Å². The molecule has 0 aromatic rings. The quantitative estimate of drug-likeness (QED) is 0.763. The van der Waals surface area contributed by atoms with Gasteiger partial charge < -0.3 is 5.11 Å². The van der Waals surface area contributed by atoms with Gasteiger partial charge in [-0.25, -0.2) is 4.39 Å². The number of halogens is 1. The zero-order chi connectivity index (χ0) is 10.8. The molecule has 0 radical (unpaired) electrons. The molecule has 0 aliphatic heterocycles. The molecule has 0 aromatic heterocycles. The smallest absolute Gasteiger partial charge is 0.303 e. The van der Waals surface area contributed by atoms with Crippen LogP contribution in [0.3, 0.4) is 0 Å². The van der Waals surface area contributed by atoms with Crippen molar-refractivity contribution in [3.8, 4) is 0 Å². The molecular weight excluding hydrogens is 195 g/mol. The Morgan fingerprint density at radius 3 is 2.87 bits per heavy atom. The molecule has 3 rings (SSSR count). The molecule has 84 valence electrons. The zero-order valence-corrected chi connectivity index (χ0v) is 8.95. The first-order chi connectivity index (χ1) is 7.00. The number of rotatable bonds is 2. The van der Waals surface area contributed by atoms with Crippen molar-refractivity contribution in [1.82, 2.24) is 0 Å². The van der Waals surface area contributed by atoms with Gasteiger partial charge in [0.05, 0.1) is 0 Å². The topological polar surface area (TPSA) is 37.3 Å². The molecule has 3 saturated carbocycles. The fourth-order valence-electron chi connectivity index (χ4n) is 4.73. The van der Waals surface area contributed by atoms with Gasteiger partial charge in [-0.3, -0.25) is 4.79 Å². The maximum atomic E-state index is 14.2. The van der Waals surface area contributed by atoms with Crippen molar-refractivity contribution in [2.24, 2.45) is 29.6 Å². The SMILES string of the molecule is CC1(F)C[C@@H]2C3C(CC[C@H]31)[C@@H]2CC(=O)O. The Labute approximate surface area is 88.9 Å². The highest BCUT2D eigenvalue weighted by molar-refractivity contribution is 5.67. The summed E-state index contributed by atoms with van der Waals surface area (Å²) in [6, 6.07) is 0. The molecule has 3 heteroatoms. The summed E-state index contributed by atoms with van der Waals surface area (Å²) in [6.07, 6.45) is 2.91. The molecule has 1 N–H and O–H groups in total. The molecule has 2 nitrogen and oxygen atoms in total. The first kappa shape index (κ1) is 9.61. The van der Waals surface area contributed by atoms with Crippen molar-refractivity contribution in [3.63, 3.8) is 0 Å². The van der Waals surface area contributed by atoms with E-state index >= 15 is 0 Å². The fraction of sp³-hybridized carbons (Fsp3) is 0.917. The van der Waals surface area contributed by atoms with Crippen LogP contribution in [0.5, 0.6) is 0 Å². The van der Waals surface area contributed by atoms with Gasteiger partial charge in [-0.1, -0.05) is 0 Å². The molecule has 3 unspecified atom stereocenters. The Kier molecular flexibility index (Phi) is 1.76. The maximum absolute atomic E-state index is 14.2. The van der Waals surface area contributed by atoms with Crippen LogP contribution < -0.4 is 0 Å². The van der Waals surface area contributed by atoms with Gasteiger partial charge in [0.15, 0.2) is 0 Å². The monoisotopic (exact) mass is 212 g/mol. The molecular formula is C12H17FO2. The van der Waals surface area contributed by atoms with Crippen LogP contribution in [0.25, 0.3) is 0 Å². The Bertz CT molecular complexity index is 313. The van der Waals surface area contributed by atoms with Gasteiger partial charge in [-0.05, 0) is 55.8 Å². The summed E-state index contributed by atoms with van der Waals surface area (Å²) in [7, 11) is 0. The molecule has 0 amide bonds. The summed E-state index contributed by atoms with van der Waals surface area (Å²) in [6.45, 7) is 1.72. The van der Waals surface area contributed by atoms with E-state index in [1.165, 1.54) is 0 Å². The van der Waals surface area contributed by atoms with Gasteiger partial charge in [0.1, 0.15) is 5.67 Å². The third-order valence-electron chi connectivity index (χ3n) is 5.18. The van der Waals surface area contributed by atoms with Crippen LogP contribution in [0, 0.1) is 29.6 Å². The van der Waals surface area contributed by atoms with Gasteiger partial charge in [0, 0.05) is 6.42 Å². The predicted molar refractivity (Wildman–Crippen MR) is 53.1 cm³/mol. The average Bonchev–Trinajstić information content (AvgIpc) is 2.59. The first-order valence-electron chi connectivity index (χ1n) is 5.91. The summed E-state index contributed by atoms with van der Waals surface area (Å²) in [5, 5.41) is 8.83. The van der Waals surface area contributed by atoms with Crippen molar-refractivity contribution in [1.29, 1.82) is 0 Å². The summed E-state index contributed by atoms with van der Waals surface area (Å²) in [4.78, 5) is 10.7. The normalized spacial score (nSPS) is 56.3. The molecule has 6 atom stereocenters. The Morgan fingerprint density at radius 1 is 1.47 bits per heavy atom. The maximum Gasteiger partial charge on any atom is 0.303 e. The Balaban J connectivity index is 1.81. The minimum absolute atomic E-state index is 0.234. The number of carboxylic acids is 1. The molecule has 3 aliphatic carbocycles. The summed E-state index contributed by atoms with van der Waals surface area (Å²) < 4.78 is 14.2. The second-order valence-electron chi connectivity index (χ2n) is 5.83. The van der Waals surface area contributed by atoms with Crippen LogP contribution in [0.1, 0.15) is 32.6 Å². The Morgan fingerprint density at radius 2 is 2.20 bits per heavy atom. The second-order valence-corrected chi connectivity index (χ2v) is 5.83. The van der Waals surface area contributed by atoms with E-state index in [-0.39, 0.29) is 18.3 Å². The van der Waals surface area contributed by atoms with Crippen LogP contribution in [0.4, 0.5) is 4.39 Å². The van der Waals surface area contributed by atoms with Gasteiger partial charge in [-0.15, -0.1) is 0 Å². The van der Waals surface area contributed by atoms with Crippen LogP contribution in [0.15, 0.2) is 0 Å². The summed E-state index contributed by atoms with van der Waals surface area (Å²) in [5.41, 5.74) is -1.02. The van der Waals surface area contributed by atoms with Crippen molar-refractivity contribution < 1.29 is 14.3 Å². The van der Waals surface area contributed by atoms with E-state index < -0.39 is 11.6 Å². The van der Waals surface area contributed by atoms with Gasteiger partial charge in [0.25, 0.3) is 0 Å². The molecule has 0 heterocycles. The second kappa shape index (κ2) is 2.74. The lowest BCUT2D eigenvalue weighted by atomic mass is 9.58. The van der Waals surface area contributed by atoms with E-state index in [1.807, 2.05) is 0 Å². The minimum atomic E-state index is -1.02. The number of alkyl halides is 1. The first-order valence-corrected chi connectivity index (χ1v) is 5.91. The number of hydrogen-bond acceptors (Lipinski definition) is 1. The Hall–Kier alpha value is -0.600. The van der Waals surface area contributed by atoms with Crippen molar-refractivity contribution in [3.05, 3.63) is 0 Å². The molecule has 0 saturated heterocycles. The van der Waals surface area contributed by atoms with Crippen molar-refractivity contribution in [2.75, 3.05) is 0 Å². The highest BCUT2D eigenvalue weighted by atomic mass is 19.1. The van der Waals surface area contributed by atoms with Gasteiger partial charge >= 0.3 is 5.97 Å². The average molecular weight is 212 g/mol. The third kappa shape index (κ3) is 1.12. The molecule has 0 spiro atoms.